The first-order valence-corrected chi connectivity index (χ1v) is 7.64. The lowest BCUT2D eigenvalue weighted by atomic mass is 9.74. The second-order valence-corrected chi connectivity index (χ2v) is 6.31. The van der Waals surface area contributed by atoms with E-state index in [1.54, 1.807) is 18.2 Å². The summed E-state index contributed by atoms with van der Waals surface area (Å²) in [5.41, 5.74) is 7.75. The van der Waals surface area contributed by atoms with Crippen molar-refractivity contribution >= 4 is 17.6 Å². The number of methoxy groups -OCH3 is 1. The summed E-state index contributed by atoms with van der Waals surface area (Å²) in [5.74, 6) is -0.700. The van der Waals surface area contributed by atoms with Gasteiger partial charge in [-0.15, -0.1) is 0 Å². The van der Waals surface area contributed by atoms with Gasteiger partial charge in [0.2, 0.25) is 5.91 Å². The molecule has 5 heteroatoms. The van der Waals surface area contributed by atoms with Crippen LogP contribution in [0.1, 0.15) is 48.5 Å². The average Bonchev–Trinajstić information content (AvgIpc) is 2.48. The van der Waals surface area contributed by atoms with E-state index in [9.17, 15) is 9.59 Å². The lowest BCUT2D eigenvalue weighted by Crippen LogP contribution is -2.51. The Morgan fingerprint density at radius 3 is 2.73 bits per heavy atom. The van der Waals surface area contributed by atoms with Crippen molar-refractivity contribution < 1.29 is 14.3 Å². The van der Waals surface area contributed by atoms with E-state index in [0.29, 0.717) is 11.3 Å². The van der Waals surface area contributed by atoms with Gasteiger partial charge in [-0.2, -0.15) is 0 Å². The molecule has 1 aromatic carbocycles. The van der Waals surface area contributed by atoms with Crippen molar-refractivity contribution in [2.45, 2.75) is 45.1 Å². The zero-order valence-electron chi connectivity index (χ0n) is 13.4. The van der Waals surface area contributed by atoms with Crippen LogP contribution in [0.4, 0.5) is 5.69 Å². The van der Waals surface area contributed by atoms with Gasteiger partial charge in [-0.1, -0.05) is 18.9 Å². The molecule has 0 bridgehead atoms. The highest BCUT2D eigenvalue weighted by atomic mass is 16.5. The average molecular weight is 304 g/mol. The van der Waals surface area contributed by atoms with Crippen LogP contribution in [0.25, 0.3) is 0 Å². The van der Waals surface area contributed by atoms with E-state index in [1.807, 2.05) is 13.8 Å². The van der Waals surface area contributed by atoms with Gasteiger partial charge in [0, 0.05) is 11.2 Å². The number of rotatable bonds is 3. The number of ether oxygens (including phenoxy) is 1. The Labute approximate surface area is 131 Å². The van der Waals surface area contributed by atoms with Gasteiger partial charge in [0.1, 0.15) is 0 Å². The fourth-order valence-corrected chi connectivity index (χ4v) is 3.01. The van der Waals surface area contributed by atoms with Crippen molar-refractivity contribution in [2.75, 3.05) is 12.4 Å². The molecule has 0 aliphatic heterocycles. The summed E-state index contributed by atoms with van der Waals surface area (Å²) in [7, 11) is 1.34. The number of esters is 1. The number of carbonyl (C=O) groups excluding carboxylic acids is 2. The Balaban J connectivity index is 2.19. The highest BCUT2D eigenvalue weighted by Crippen LogP contribution is 2.32. The van der Waals surface area contributed by atoms with E-state index in [1.165, 1.54) is 7.11 Å². The fraction of sp³-hybridized carbons (Fsp3) is 0.529. The molecule has 3 N–H and O–H groups in total. The van der Waals surface area contributed by atoms with Crippen LogP contribution in [-0.2, 0) is 9.53 Å². The van der Waals surface area contributed by atoms with Crippen LogP contribution in [0.3, 0.4) is 0 Å². The number of benzene rings is 1. The molecule has 1 fully saturated rings. The summed E-state index contributed by atoms with van der Waals surface area (Å²) in [5, 5.41) is 2.93. The minimum atomic E-state index is -0.476. The first kappa shape index (κ1) is 16.5. The van der Waals surface area contributed by atoms with Gasteiger partial charge in [-0.25, -0.2) is 4.79 Å². The monoisotopic (exact) mass is 304 g/mol. The van der Waals surface area contributed by atoms with Crippen LogP contribution in [-0.4, -0.2) is 24.5 Å². The summed E-state index contributed by atoms with van der Waals surface area (Å²) in [4.78, 5) is 24.2. The third-order valence-corrected chi connectivity index (χ3v) is 4.49. The third-order valence-electron chi connectivity index (χ3n) is 4.49. The summed E-state index contributed by atoms with van der Waals surface area (Å²) in [6.45, 7) is 3.83. The Bertz CT molecular complexity index is 581. The molecule has 2 unspecified atom stereocenters. The highest BCUT2D eigenvalue weighted by molar-refractivity contribution is 5.96. The van der Waals surface area contributed by atoms with Crippen molar-refractivity contribution in [2.24, 2.45) is 11.7 Å². The van der Waals surface area contributed by atoms with E-state index >= 15 is 0 Å². The highest BCUT2D eigenvalue weighted by Gasteiger charge is 2.37. The van der Waals surface area contributed by atoms with Crippen molar-refractivity contribution in [3.05, 3.63) is 29.3 Å². The standard InChI is InChI=1S/C17H24N2O3/c1-11-7-8-12(16(21)22-3)10-14(11)19-15(20)13-6-4-5-9-17(13,2)18/h7-8,10,13H,4-6,9,18H2,1-3H3,(H,19,20). The summed E-state index contributed by atoms with van der Waals surface area (Å²) in [6, 6.07) is 5.13. The molecule has 2 atom stereocenters. The summed E-state index contributed by atoms with van der Waals surface area (Å²) in [6.07, 6.45) is 3.74. The van der Waals surface area contributed by atoms with Crippen LogP contribution in [0.2, 0.25) is 0 Å². The number of carbonyl (C=O) groups is 2. The van der Waals surface area contributed by atoms with E-state index in [2.05, 4.69) is 5.32 Å². The molecule has 2 rings (SSSR count). The lowest BCUT2D eigenvalue weighted by molar-refractivity contribution is -0.122. The van der Waals surface area contributed by atoms with Crippen LogP contribution in [0, 0.1) is 12.8 Å². The minimum absolute atomic E-state index is 0.0742. The smallest absolute Gasteiger partial charge is 0.337 e. The summed E-state index contributed by atoms with van der Waals surface area (Å²) >= 11 is 0. The van der Waals surface area contributed by atoms with Crippen LogP contribution in [0.15, 0.2) is 18.2 Å². The van der Waals surface area contributed by atoms with Gasteiger partial charge in [0.05, 0.1) is 18.6 Å². The molecular formula is C17H24N2O3. The summed E-state index contributed by atoms with van der Waals surface area (Å²) < 4.78 is 4.71. The van der Waals surface area contributed by atoms with Crippen LogP contribution < -0.4 is 11.1 Å². The third kappa shape index (κ3) is 3.47. The van der Waals surface area contributed by atoms with Gasteiger partial charge in [-0.3, -0.25) is 4.79 Å². The number of amides is 1. The Hall–Kier alpha value is -1.88. The fourth-order valence-electron chi connectivity index (χ4n) is 3.01. The lowest BCUT2D eigenvalue weighted by Gasteiger charge is -2.37. The van der Waals surface area contributed by atoms with Crippen molar-refractivity contribution in [3.8, 4) is 0 Å². The number of anilines is 1. The number of aryl methyl sites for hydroxylation is 1. The van der Waals surface area contributed by atoms with Crippen molar-refractivity contribution in [3.63, 3.8) is 0 Å². The Morgan fingerprint density at radius 1 is 1.36 bits per heavy atom. The molecule has 0 aromatic heterocycles. The number of nitrogens with two attached hydrogens (primary N) is 1. The predicted molar refractivity (Wildman–Crippen MR) is 85.7 cm³/mol. The maximum atomic E-state index is 12.6. The largest absolute Gasteiger partial charge is 0.465 e. The number of hydrogen-bond acceptors (Lipinski definition) is 4. The van der Waals surface area contributed by atoms with Gasteiger partial charge in [0.15, 0.2) is 0 Å². The first-order chi connectivity index (χ1) is 10.3. The van der Waals surface area contributed by atoms with E-state index in [4.69, 9.17) is 10.5 Å². The van der Waals surface area contributed by atoms with E-state index < -0.39 is 11.5 Å². The van der Waals surface area contributed by atoms with E-state index in [-0.39, 0.29) is 11.8 Å². The molecule has 1 aliphatic carbocycles. The van der Waals surface area contributed by atoms with Gasteiger partial charge >= 0.3 is 5.97 Å². The topological polar surface area (TPSA) is 81.4 Å². The maximum Gasteiger partial charge on any atom is 0.337 e. The van der Waals surface area contributed by atoms with Gasteiger partial charge in [0.25, 0.3) is 0 Å². The maximum absolute atomic E-state index is 12.6. The molecule has 1 amide bonds. The zero-order valence-corrected chi connectivity index (χ0v) is 13.4. The molecule has 1 saturated carbocycles. The molecular weight excluding hydrogens is 280 g/mol. The van der Waals surface area contributed by atoms with Gasteiger partial charge in [-0.05, 0) is 44.4 Å². The normalized spacial score (nSPS) is 24.6. The Morgan fingerprint density at radius 2 is 2.09 bits per heavy atom. The second kappa shape index (κ2) is 6.48. The molecule has 0 saturated heterocycles. The SMILES string of the molecule is COC(=O)c1ccc(C)c(NC(=O)C2CCCCC2(C)N)c1. The quantitative estimate of drug-likeness (QED) is 0.841. The van der Waals surface area contributed by atoms with Crippen LogP contribution >= 0.6 is 0 Å². The number of nitrogens with one attached hydrogen (secondary N) is 1. The molecule has 22 heavy (non-hydrogen) atoms. The predicted octanol–water partition coefficient (Wildman–Crippen LogP) is 2.63. The van der Waals surface area contributed by atoms with E-state index in [0.717, 1.165) is 31.2 Å². The minimum Gasteiger partial charge on any atom is -0.465 e. The molecule has 120 valence electrons. The molecule has 1 aliphatic rings. The second-order valence-electron chi connectivity index (χ2n) is 6.31. The molecule has 5 nitrogen and oxygen atoms in total. The first-order valence-electron chi connectivity index (χ1n) is 7.64. The molecule has 1 aromatic rings. The molecule has 0 radical (unpaired) electrons. The van der Waals surface area contributed by atoms with Crippen LogP contribution in [0.5, 0.6) is 0 Å². The zero-order chi connectivity index (χ0) is 16.3. The van der Waals surface area contributed by atoms with Crippen molar-refractivity contribution in [1.82, 2.24) is 0 Å². The Kier molecular flexibility index (Phi) is 4.86. The molecule has 0 heterocycles. The molecule has 0 spiro atoms. The van der Waals surface area contributed by atoms with Gasteiger partial charge < -0.3 is 15.8 Å². The van der Waals surface area contributed by atoms with Crippen molar-refractivity contribution in [1.29, 1.82) is 0 Å². The number of hydrogen-bond donors (Lipinski definition) is 2.